The lowest BCUT2D eigenvalue weighted by atomic mass is 10.0. The topological polar surface area (TPSA) is 95.9 Å². The van der Waals surface area contributed by atoms with Gasteiger partial charge in [-0.2, -0.15) is 0 Å². The van der Waals surface area contributed by atoms with Gasteiger partial charge in [0.1, 0.15) is 11.0 Å². The van der Waals surface area contributed by atoms with Crippen LogP contribution in [0.25, 0.3) is 0 Å². The molecular weight excluding hydrogens is 402 g/mol. The quantitative estimate of drug-likeness (QED) is 0.167. The minimum atomic E-state index is -1.18. The summed E-state index contributed by atoms with van der Waals surface area (Å²) in [6, 6.07) is -1.01. The molecular formula is C23H45NO5S. The van der Waals surface area contributed by atoms with Crippen LogP contribution < -0.4 is 5.32 Å². The molecule has 0 aliphatic carbocycles. The van der Waals surface area contributed by atoms with Crippen molar-refractivity contribution in [3.8, 4) is 0 Å². The smallest absolute Gasteiger partial charge is 0.327 e. The van der Waals surface area contributed by atoms with E-state index in [-0.39, 0.29) is 18.3 Å². The van der Waals surface area contributed by atoms with Crippen LogP contribution in [0.5, 0.6) is 0 Å². The van der Waals surface area contributed by atoms with Gasteiger partial charge in [-0.1, -0.05) is 84.0 Å². The molecule has 30 heavy (non-hydrogen) atoms. The lowest BCUT2D eigenvalue weighted by molar-refractivity contribution is -0.141. The second kappa shape index (κ2) is 18.9. The molecule has 7 heteroatoms. The molecule has 0 rings (SSSR count). The zero-order valence-electron chi connectivity index (χ0n) is 19.4. The molecule has 3 N–H and O–H groups in total. The van der Waals surface area contributed by atoms with Gasteiger partial charge in [-0.3, -0.25) is 4.79 Å². The first-order valence-corrected chi connectivity index (χ1v) is 12.7. The molecule has 1 amide bonds. The molecule has 2 atom stereocenters. The number of aliphatic hydroxyl groups is 1. The number of ether oxygens (including phenoxy) is 1. The van der Waals surface area contributed by atoms with Crippen molar-refractivity contribution in [2.75, 3.05) is 19.5 Å². The van der Waals surface area contributed by atoms with E-state index in [0.29, 0.717) is 6.42 Å². The predicted octanol–water partition coefficient (Wildman–Crippen LogP) is 5.13. The molecule has 0 aliphatic rings. The summed E-state index contributed by atoms with van der Waals surface area (Å²) in [5, 5.41) is 21.9. The van der Waals surface area contributed by atoms with E-state index in [9.17, 15) is 19.8 Å². The fourth-order valence-electron chi connectivity index (χ4n) is 3.32. The van der Waals surface area contributed by atoms with Crippen LogP contribution in [0.4, 0.5) is 0 Å². The summed E-state index contributed by atoms with van der Waals surface area (Å²) in [4.78, 5) is 22.2. The van der Waals surface area contributed by atoms with Gasteiger partial charge in [0.2, 0.25) is 5.91 Å². The first kappa shape index (κ1) is 29.2. The molecule has 1 unspecified atom stereocenters. The third-order valence-corrected chi connectivity index (χ3v) is 6.35. The number of hydrogen-bond donors (Lipinski definition) is 3. The molecule has 178 valence electrons. The van der Waals surface area contributed by atoms with Crippen molar-refractivity contribution in [1.29, 1.82) is 0 Å². The van der Waals surface area contributed by atoms with Crippen molar-refractivity contribution < 1.29 is 24.5 Å². The average Bonchev–Trinajstić information content (AvgIpc) is 2.68. The van der Waals surface area contributed by atoms with Crippen LogP contribution in [-0.2, 0) is 14.3 Å². The van der Waals surface area contributed by atoms with Gasteiger partial charge < -0.3 is 20.3 Å². The molecule has 0 saturated heterocycles. The van der Waals surface area contributed by atoms with Crippen molar-refractivity contribution in [3.05, 3.63) is 0 Å². The second-order valence-corrected chi connectivity index (χ2v) is 9.87. The highest BCUT2D eigenvalue weighted by molar-refractivity contribution is 8.00. The van der Waals surface area contributed by atoms with E-state index in [1.807, 2.05) is 0 Å². The van der Waals surface area contributed by atoms with Crippen molar-refractivity contribution >= 4 is 23.6 Å². The Labute approximate surface area is 187 Å². The Kier molecular flexibility index (Phi) is 18.4. The number of carboxylic acids is 1. The van der Waals surface area contributed by atoms with Gasteiger partial charge in [-0.05, 0) is 13.3 Å². The number of carbonyl (C=O) groups excluding carboxylic acids is 1. The number of aliphatic carboxylic acids is 1. The van der Waals surface area contributed by atoms with Gasteiger partial charge in [0.15, 0.2) is 0 Å². The fourth-order valence-corrected chi connectivity index (χ4v) is 4.27. The molecule has 0 spiro atoms. The zero-order chi connectivity index (χ0) is 22.7. The average molecular weight is 448 g/mol. The Morgan fingerprint density at radius 1 is 0.933 bits per heavy atom. The number of rotatable bonds is 21. The number of carbonyl (C=O) groups is 2. The molecule has 0 aromatic carbocycles. The molecule has 0 bridgehead atoms. The van der Waals surface area contributed by atoms with Crippen molar-refractivity contribution in [2.45, 2.75) is 115 Å². The maximum absolute atomic E-state index is 12.0. The van der Waals surface area contributed by atoms with E-state index in [0.717, 1.165) is 31.0 Å². The standard InChI is InChI=1S/C23H45NO5S/c1-4-5-6-7-8-9-10-11-12-13-14-15-16-17-21(25)24-20(22(26)27)18-30-23(2,28)19-29-3/h20,28H,4-19H2,1-3H3,(H,24,25)(H,26,27)/t20-,23?/m0/s1. The summed E-state index contributed by atoms with van der Waals surface area (Å²) in [5.41, 5.74) is 0. The summed E-state index contributed by atoms with van der Waals surface area (Å²) >= 11 is 1.06. The van der Waals surface area contributed by atoms with Crippen LogP contribution in [0.15, 0.2) is 0 Å². The summed E-state index contributed by atoms with van der Waals surface area (Å²) in [6.45, 7) is 3.91. The molecule has 0 fully saturated rings. The number of carboxylic acid groups (broad SMARTS) is 1. The Morgan fingerprint density at radius 3 is 1.83 bits per heavy atom. The number of unbranched alkanes of at least 4 members (excludes halogenated alkanes) is 12. The van der Waals surface area contributed by atoms with Gasteiger partial charge in [-0.25, -0.2) is 4.79 Å². The normalized spacial score (nSPS) is 14.3. The minimum absolute atomic E-state index is 0.0933. The van der Waals surface area contributed by atoms with Gasteiger partial charge in [0, 0.05) is 19.3 Å². The summed E-state index contributed by atoms with van der Waals surface area (Å²) < 4.78 is 4.91. The van der Waals surface area contributed by atoms with E-state index in [1.165, 1.54) is 71.3 Å². The van der Waals surface area contributed by atoms with Gasteiger partial charge in [0.25, 0.3) is 0 Å². The SMILES string of the molecule is CCCCCCCCCCCCCCCC(=O)N[C@@H](CSC(C)(O)COC)C(=O)O. The third kappa shape index (κ3) is 18.0. The van der Waals surface area contributed by atoms with E-state index < -0.39 is 16.9 Å². The van der Waals surface area contributed by atoms with E-state index in [2.05, 4.69) is 12.2 Å². The van der Waals surface area contributed by atoms with Crippen LogP contribution in [0.1, 0.15) is 104 Å². The maximum atomic E-state index is 12.0. The number of thioether (sulfide) groups is 1. The van der Waals surface area contributed by atoms with Crippen LogP contribution in [0.2, 0.25) is 0 Å². The van der Waals surface area contributed by atoms with Gasteiger partial charge in [-0.15, -0.1) is 11.8 Å². The Hall–Kier alpha value is -0.790. The number of methoxy groups -OCH3 is 1. The van der Waals surface area contributed by atoms with Crippen LogP contribution in [-0.4, -0.2) is 52.5 Å². The summed E-state index contributed by atoms with van der Waals surface area (Å²) in [5.74, 6) is -1.23. The second-order valence-electron chi connectivity index (χ2n) is 8.37. The third-order valence-electron chi connectivity index (χ3n) is 5.11. The number of amides is 1. The molecule has 0 saturated carbocycles. The Morgan fingerprint density at radius 2 is 1.40 bits per heavy atom. The monoisotopic (exact) mass is 447 g/mol. The first-order chi connectivity index (χ1) is 14.3. The summed E-state index contributed by atoms with van der Waals surface area (Å²) in [7, 11) is 1.47. The van der Waals surface area contributed by atoms with Crippen molar-refractivity contribution in [1.82, 2.24) is 5.32 Å². The van der Waals surface area contributed by atoms with Crippen LogP contribution in [0.3, 0.4) is 0 Å². The highest BCUT2D eigenvalue weighted by Crippen LogP contribution is 2.22. The van der Waals surface area contributed by atoms with E-state index in [4.69, 9.17) is 4.74 Å². The number of nitrogens with one attached hydrogen (secondary N) is 1. The molecule has 0 radical (unpaired) electrons. The lowest BCUT2D eigenvalue weighted by Gasteiger charge is -2.23. The Bertz CT molecular complexity index is 445. The maximum Gasteiger partial charge on any atom is 0.327 e. The largest absolute Gasteiger partial charge is 0.480 e. The van der Waals surface area contributed by atoms with Crippen LogP contribution in [0, 0.1) is 0 Å². The zero-order valence-corrected chi connectivity index (χ0v) is 20.2. The van der Waals surface area contributed by atoms with E-state index in [1.54, 1.807) is 6.92 Å². The fraction of sp³-hybridized carbons (Fsp3) is 0.913. The molecule has 0 aromatic heterocycles. The predicted molar refractivity (Wildman–Crippen MR) is 125 cm³/mol. The van der Waals surface area contributed by atoms with Crippen molar-refractivity contribution in [2.24, 2.45) is 0 Å². The Balaban J connectivity index is 3.71. The van der Waals surface area contributed by atoms with Gasteiger partial charge >= 0.3 is 5.97 Å². The summed E-state index contributed by atoms with van der Waals surface area (Å²) in [6.07, 6.45) is 16.5. The molecule has 0 heterocycles. The van der Waals surface area contributed by atoms with Gasteiger partial charge in [0.05, 0.1) is 6.61 Å². The lowest BCUT2D eigenvalue weighted by Crippen LogP contribution is -2.43. The minimum Gasteiger partial charge on any atom is -0.480 e. The molecule has 0 aliphatic heterocycles. The number of hydrogen-bond acceptors (Lipinski definition) is 5. The highest BCUT2D eigenvalue weighted by atomic mass is 32.2. The molecule has 0 aromatic rings. The van der Waals surface area contributed by atoms with Crippen molar-refractivity contribution in [3.63, 3.8) is 0 Å². The first-order valence-electron chi connectivity index (χ1n) is 11.7. The van der Waals surface area contributed by atoms with Crippen LogP contribution >= 0.6 is 11.8 Å². The van der Waals surface area contributed by atoms with E-state index >= 15 is 0 Å². The molecule has 6 nitrogen and oxygen atoms in total. The highest BCUT2D eigenvalue weighted by Gasteiger charge is 2.26.